The molecule has 3 N–H and O–H groups in total. The normalized spacial score (nSPS) is 10.1. The molecule has 0 amide bonds. The van der Waals surface area contributed by atoms with Crippen molar-refractivity contribution in [1.82, 2.24) is 4.57 Å². The summed E-state index contributed by atoms with van der Waals surface area (Å²) in [6.07, 6.45) is -0.219. The van der Waals surface area contributed by atoms with E-state index < -0.39 is 11.9 Å². The van der Waals surface area contributed by atoms with Crippen molar-refractivity contribution in [3.8, 4) is 17.3 Å². The quantitative estimate of drug-likeness (QED) is 0.813. The molecule has 0 fully saturated rings. The minimum absolute atomic E-state index is 0.00409. The van der Waals surface area contributed by atoms with Gasteiger partial charge in [-0.3, -0.25) is 4.79 Å². The number of carbonyl (C=O) groups excluding carboxylic acids is 1. The number of nitrogen functional groups attached to an aromatic ring is 1. The van der Waals surface area contributed by atoms with Crippen LogP contribution >= 0.6 is 0 Å². The predicted molar refractivity (Wildman–Crippen MR) is 82.6 cm³/mol. The van der Waals surface area contributed by atoms with Gasteiger partial charge in [0.1, 0.15) is 11.6 Å². The number of carbonyl (C=O) groups is 2. The SMILES string of the molecule is COC(=O)c1c(N)c(C#N)c(-c2ccccc2)n1CCC(=O)O. The highest BCUT2D eigenvalue weighted by Crippen LogP contribution is 2.34. The Labute approximate surface area is 132 Å². The Kier molecular flexibility index (Phi) is 4.66. The summed E-state index contributed by atoms with van der Waals surface area (Å²) in [6, 6.07) is 10.9. The first-order valence-electron chi connectivity index (χ1n) is 6.78. The molecule has 7 nitrogen and oxygen atoms in total. The van der Waals surface area contributed by atoms with E-state index in [4.69, 9.17) is 15.6 Å². The number of carboxylic acids is 1. The third kappa shape index (κ3) is 3.01. The molecule has 23 heavy (non-hydrogen) atoms. The third-order valence-corrected chi connectivity index (χ3v) is 3.39. The molecular formula is C16H15N3O4. The van der Waals surface area contributed by atoms with Gasteiger partial charge in [0, 0.05) is 6.54 Å². The number of nitrogens with two attached hydrogens (primary N) is 1. The van der Waals surface area contributed by atoms with Gasteiger partial charge in [0.05, 0.1) is 24.9 Å². The summed E-state index contributed by atoms with van der Waals surface area (Å²) in [5.74, 6) is -1.74. The highest BCUT2D eigenvalue weighted by molar-refractivity contribution is 5.98. The number of nitrogens with zero attached hydrogens (tertiary/aromatic N) is 2. The lowest BCUT2D eigenvalue weighted by atomic mass is 10.1. The maximum atomic E-state index is 12.0. The number of rotatable bonds is 5. The van der Waals surface area contributed by atoms with Crippen LogP contribution in [0, 0.1) is 11.3 Å². The van der Waals surface area contributed by atoms with E-state index in [-0.39, 0.29) is 29.9 Å². The van der Waals surface area contributed by atoms with Crippen molar-refractivity contribution in [3.63, 3.8) is 0 Å². The lowest BCUT2D eigenvalue weighted by molar-refractivity contribution is -0.137. The number of benzene rings is 1. The molecule has 0 radical (unpaired) electrons. The fourth-order valence-electron chi connectivity index (χ4n) is 2.40. The van der Waals surface area contributed by atoms with Gasteiger partial charge >= 0.3 is 11.9 Å². The average Bonchev–Trinajstić information content (AvgIpc) is 2.84. The van der Waals surface area contributed by atoms with Crippen molar-refractivity contribution in [3.05, 3.63) is 41.6 Å². The number of esters is 1. The maximum Gasteiger partial charge on any atom is 0.356 e. The van der Waals surface area contributed by atoms with Gasteiger partial charge in [-0.2, -0.15) is 5.26 Å². The largest absolute Gasteiger partial charge is 0.481 e. The van der Waals surface area contributed by atoms with E-state index in [1.54, 1.807) is 24.3 Å². The van der Waals surface area contributed by atoms with Crippen LogP contribution in [0.2, 0.25) is 0 Å². The summed E-state index contributed by atoms with van der Waals surface area (Å²) in [7, 11) is 1.20. The van der Waals surface area contributed by atoms with Crippen molar-refractivity contribution < 1.29 is 19.4 Å². The standard InChI is InChI=1S/C16H15N3O4/c1-23-16(22)15-13(18)11(9-17)14(10-5-3-2-4-6-10)19(15)8-7-12(20)21/h2-6H,7-8,18H2,1H3,(H,20,21). The van der Waals surface area contributed by atoms with Crippen LogP contribution < -0.4 is 5.73 Å². The van der Waals surface area contributed by atoms with Gasteiger partial charge < -0.3 is 20.1 Å². The van der Waals surface area contributed by atoms with E-state index in [2.05, 4.69) is 0 Å². The Bertz CT molecular complexity index is 788. The smallest absolute Gasteiger partial charge is 0.356 e. The molecule has 1 heterocycles. The minimum atomic E-state index is -1.02. The molecule has 0 aliphatic heterocycles. The van der Waals surface area contributed by atoms with E-state index in [0.717, 1.165) is 0 Å². The number of ether oxygens (including phenoxy) is 1. The first-order chi connectivity index (χ1) is 11.0. The molecule has 118 valence electrons. The van der Waals surface area contributed by atoms with E-state index in [1.807, 2.05) is 12.1 Å². The third-order valence-electron chi connectivity index (χ3n) is 3.39. The first kappa shape index (κ1) is 16.1. The maximum absolute atomic E-state index is 12.0. The van der Waals surface area contributed by atoms with Crippen molar-refractivity contribution in [1.29, 1.82) is 5.26 Å². The molecule has 2 aromatic rings. The molecule has 0 saturated carbocycles. The van der Waals surface area contributed by atoms with Crippen LogP contribution in [0.3, 0.4) is 0 Å². The summed E-state index contributed by atoms with van der Waals surface area (Å²) < 4.78 is 6.15. The molecule has 7 heteroatoms. The molecule has 0 bridgehead atoms. The molecule has 2 rings (SSSR count). The van der Waals surface area contributed by atoms with Gasteiger partial charge in [-0.1, -0.05) is 30.3 Å². The zero-order chi connectivity index (χ0) is 17.0. The molecule has 0 unspecified atom stereocenters. The first-order valence-corrected chi connectivity index (χ1v) is 6.78. The van der Waals surface area contributed by atoms with Crippen LogP contribution in [-0.2, 0) is 16.1 Å². The van der Waals surface area contributed by atoms with Crippen LogP contribution in [-0.4, -0.2) is 28.7 Å². The molecule has 0 saturated heterocycles. The summed E-state index contributed by atoms with van der Waals surface area (Å²) in [5.41, 5.74) is 7.12. The second kappa shape index (κ2) is 6.66. The number of anilines is 1. The lowest BCUT2D eigenvalue weighted by Crippen LogP contribution is -2.15. The second-order valence-electron chi connectivity index (χ2n) is 4.75. The fraction of sp³-hybridized carbons (Fsp3) is 0.188. The van der Waals surface area contributed by atoms with Gasteiger partial charge in [0.15, 0.2) is 5.69 Å². The van der Waals surface area contributed by atoms with Crippen molar-refractivity contribution in [2.24, 2.45) is 0 Å². The summed E-state index contributed by atoms with van der Waals surface area (Å²) >= 11 is 0. The highest BCUT2D eigenvalue weighted by atomic mass is 16.5. The number of aliphatic carboxylic acids is 1. The van der Waals surface area contributed by atoms with Crippen LogP contribution in [0.4, 0.5) is 5.69 Å². The van der Waals surface area contributed by atoms with Crippen LogP contribution in [0.1, 0.15) is 22.5 Å². The van der Waals surface area contributed by atoms with Gasteiger partial charge in [0.25, 0.3) is 0 Å². The van der Waals surface area contributed by atoms with Crippen molar-refractivity contribution in [2.75, 3.05) is 12.8 Å². The molecule has 0 spiro atoms. The summed E-state index contributed by atoms with van der Waals surface area (Å²) in [5, 5.41) is 18.3. The number of hydrogen-bond acceptors (Lipinski definition) is 5. The van der Waals surface area contributed by atoms with E-state index >= 15 is 0 Å². The monoisotopic (exact) mass is 313 g/mol. The Hall–Kier alpha value is -3.27. The second-order valence-corrected chi connectivity index (χ2v) is 4.75. The van der Waals surface area contributed by atoms with E-state index in [1.165, 1.54) is 11.7 Å². The Morgan fingerprint density at radius 2 is 2.00 bits per heavy atom. The van der Waals surface area contributed by atoms with Gasteiger partial charge in [-0.15, -0.1) is 0 Å². The van der Waals surface area contributed by atoms with Crippen LogP contribution in [0.5, 0.6) is 0 Å². The topological polar surface area (TPSA) is 118 Å². The zero-order valence-electron chi connectivity index (χ0n) is 12.4. The fourth-order valence-corrected chi connectivity index (χ4v) is 2.40. The van der Waals surface area contributed by atoms with Crippen LogP contribution in [0.15, 0.2) is 30.3 Å². The Morgan fingerprint density at radius 3 is 2.52 bits per heavy atom. The lowest BCUT2D eigenvalue weighted by Gasteiger charge is -2.11. The summed E-state index contributed by atoms with van der Waals surface area (Å²) in [6.45, 7) is -0.00409. The van der Waals surface area contributed by atoms with Crippen molar-refractivity contribution >= 4 is 17.6 Å². The number of nitriles is 1. The number of carboxylic acid groups (broad SMARTS) is 1. The minimum Gasteiger partial charge on any atom is -0.481 e. The zero-order valence-corrected chi connectivity index (χ0v) is 12.4. The predicted octanol–water partition coefficient (Wildman–Crippen LogP) is 1.87. The summed E-state index contributed by atoms with van der Waals surface area (Å²) in [4.78, 5) is 22.9. The number of methoxy groups -OCH3 is 1. The highest BCUT2D eigenvalue weighted by Gasteiger charge is 2.27. The molecule has 0 aliphatic rings. The van der Waals surface area contributed by atoms with E-state index in [0.29, 0.717) is 11.3 Å². The van der Waals surface area contributed by atoms with Crippen LogP contribution in [0.25, 0.3) is 11.3 Å². The van der Waals surface area contributed by atoms with E-state index in [9.17, 15) is 14.9 Å². The van der Waals surface area contributed by atoms with Gasteiger partial charge in [-0.05, 0) is 5.56 Å². The number of aromatic nitrogens is 1. The molecule has 0 aliphatic carbocycles. The number of hydrogen-bond donors (Lipinski definition) is 2. The van der Waals surface area contributed by atoms with Crippen molar-refractivity contribution in [2.45, 2.75) is 13.0 Å². The molecule has 1 aromatic carbocycles. The Morgan fingerprint density at radius 1 is 1.35 bits per heavy atom. The molecule has 1 aromatic heterocycles. The average molecular weight is 313 g/mol. The van der Waals surface area contributed by atoms with Gasteiger partial charge in [0.2, 0.25) is 0 Å². The Balaban J connectivity index is 2.74. The molecule has 0 atom stereocenters. The van der Waals surface area contributed by atoms with Gasteiger partial charge in [-0.25, -0.2) is 4.79 Å². The molecular weight excluding hydrogens is 298 g/mol.